The maximum absolute atomic E-state index is 13.1. The minimum atomic E-state index is -0.363. The molecule has 1 N–H and O–H groups in total. The smallest absolute Gasteiger partial charge is 0.260 e. The van der Waals surface area contributed by atoms with E-state index >= 15 is 0 Å². The minimum absolute atomic E-state index is 0.220. The van der Waals surface area contributed by atoms with Gasteiger partial charge in [-0.2, -0.15) is 5.10 Å². The van der Waals surface area contributed by atoms with Crippen LogP contribution in [-0.4, -0.2) is 20.7 Å². The lowest BCUT2D eigenvalue weighted by atomic mass is 10.2. The fourth-order valence-corrected chi connectivity index (χ4v) is 3.57. The summed E-state index contributed by atoms with van der Waals surface area (Å²) in [6.45, 7) is 3.94. The van der Waals surface area contributed by atoms with Crippen molar-refractivity contribution in [3.8, 4) is 11.5 Å². The van der Waals surface area contributed by atoms with Crippen molar-refractivity contribution in [2.24, 2.45) is 0 Å². The Labute approximate surface area is 189 Å². The van der Waals surface area contributed by atoms with Gasteiger partial charge in [0.15, 0.2) is 0 Å². The number of pyridine rings is 1. The molecule has 162 valence electrons. The SMILES string of the molecule is Cc1cc(NC(=O)c2c(C)nn(Cc3ccc(F)cc3)c2Cl)ccc1Oc1cccnc1. The summed E-state index contributed by atoms with van der Waals surface area (Å²) in [5.74, 6) is 0.614. The summed E-state index contributed by atoms with van der Waals surface area (Å²) >= 11 is 6.46. The number of benzene rings is 2. The quantitative estimate of drug-likeness (QED) is 0.404. The average Bonchev–Trinajstić information content (AvgIpc) is 3.05. The number of aryl methyl sites for hydroxylation is 2. The molecule has 0 saturated heterocycles. The van der Waals surface area contributed by atoms with Crippen molar-refractivity contribution in [2.45, 2.75) is 20.4 Å². The number of carbonyl (C=O) groups excluding carboxylic acids is 1. The molecule has 0 bridgehead atoms. The van der Waals surface area contributed by atoms with Gasteiger partial charge in [0.05, 0.1) is 24.0 Å². The van der Waals surface area contributed by atoms with Gasteiger partial charge in [-0.3, -0.25) is 9.78 Å². The molecule has 0 aliphatic carbocycles. The number of ether oxygens (including phenoxy) is 1. The Kier molecular flexibility index (Phi) is 6.18. The lowest BCUT2D eigenvalue weighted by Crippen LogP contribution is -2.13. The zero-order chi connectivity index (χ0) is 22.7. The molecule has 0 radical (unpaired) electrons. The van der Waals surface area contributed by atoms with Crippen molar-refractivity contribution in [2.75, 3.05) is 5.32 Å². The van der Waals surface area contributed by atoms with E-state index in [1.165, 1.54) is 16.8 Å². The van der Waals surface area contributed by atoms with Gasteiger partial charge in [-0.25, -0.2) is 9.07 Å². The van der Waals surface area contributed by atoms with Crippen LogP contribution in [0.15, 0.2) is 67.0 Å². The third-order valence-electron chi connectivity index (χ3n) is 4.83. The van der Waals surface area contributed by atoms with Gasteiger partial charge in [0.1, 0.15) is 22.5 Å². The molecule has 0 atom stereocenters. The Morgan fingerprint density at radius 1 is 1.16 bits per heavy atom. The summed E-state index contributed by atoms with van der Waals surface area (Å²) in [6, 6.07) is 15.0. The fraction of sp³-hybridized carbons (Fsp3) is 0.125. The highest BCUT2D eigenvalue weighted by Crippen LogP contribution is 2.28. The molecular formula is C24H20ClFN4O2. The standard InChI is InChI=1S/C24H20ClFN4O2/c1-15-12-19(9-10-21(15)32-20-4-3-11-27-13-20)28-24(31)22-16(2)29-30(23(22)25)14-17-5-7-18(26)8-6-17/h3-13H,14H2,1-2H3,(H,28,31). The molecule has 0 aliphatic rings. The van der Waals surface area contributed by atoms with Crippen molar-refractivity contribution in [1.29, 1.82) is 0 Å². The largest absolute Gasteiger partial charge is 0.455 e. The van der Waals surface area contributed by atoms with E-state index in [2.05, 4.69) is 15.4 Å². The van der Waals surface area contributed by atoms with Crippen molar-refractivity contribution in [3.05, 3.63) is 100 Å². The predicted molar refractivity (Wildman–Crippen MR) is 121 cm³/mol. The molecule has 0 fully saturated rings. The lowest BCUT2D eigenvalue weighted by Gasteiger charge is -2.11. The first-order valence-electron chi connectivity index (χ1n) is 9.88. The number of nitrogens with zero attached hydrogens (tertiary/aromatic N) is 3. The van der Waals surface area contributed by atoms with Gasteiger partial charge in [-0.05, 0) is 67.4 Å². The first-order valence-corrected chi connectivity index (χ1v) is 10.3. The van der Waals surface area contributed by atoms with Crippen molar-refractivity contribution >= 4 is 23.2 Å². The Bertz CT molecular complexity index is 1260. The maximum atomic E-state index is 13.1. The third-order valence-corrected chi connectivity index (χ3v) is 5.22. The van der Waals surface area contributed by atoms with Crippen LogP contribution in [-0.2, 0) is 6.54 Å². The van der Waals surface area contributed by atoms with Crippen LogP contribution in [0.2, 0.25) is 5.15 Å². The third kappa shape index (κ3) is 4.78. The highest BCUT2D eigenvalue weighted by Gasteiger charge is 2.21. The van der Waals surface area contributed by atoms with Gasteiger partial charge in [-0.1, -0.05) is 23.7 Å². The topological polar surface area (TPSA) is 69.0 Å². The number of hydrogen-bond acceptors (Lipinski definition) is 4. The highest BCUT2D eigenvalue weighted by atomic mass is 35.5. The van der Waals surface area contributed by atoms with Crippen LogP contribution in [0.5, 0.6) is 11.5 Å². The molecule has 4 aromatic rings. The van der Waals surface area contributed by atoms with Gasteiger partial charge in [0.2, 0.25) is 0 Å². The second kappa shape index (κ2) is 9.20. The van der Waals surface area contributed by atoms with Crippen LogP contribution in [0.25, 0.3) is 0 Å². The van der Waals surface area contributed by atoms with E-state index in [0.29, 0.717) is 35.0 Å². The van der Waals surface area contributed by atoms with Crippen LogP contribution < -0.4 is 10.1 Å². The number of halogens is 2. The zero-order valence-electron chi connectivity index (χ0n) is 17.5. The van der Waals surface area contributed by atoms with Gasteiger partial charge in [0.25, 0.3) is 5.91 Å². The van der Waals surface area contributed by atoms with Crippen LogP contribution in [0, 0.1) is 19.7 Å². The molecule has 8 heteroatoms. The minimum Gasteiger partial charge on any atom is -0.455 e. The number of carbonyl (C=O) groups is 1. The lowest BCUT2D eigenvalue weighted by molar-refractivity contribution is 0.102. The molecular weight excluding hydrogens is 431 g/mol. The molecule has 32 heavy (non-hydrogen) atoms. The summed E-state index contributed by atoms with van der Waals surface area (Å²) in [5, 5.41) is 7.46. The van der Waals surface area contributed by atoms with Crippen molar-refractivity contribution in [1.82, 2.24) is 14.8 Å². The van der Waals surface area contributed by atoms with E-state index in [1.54, 1.807) is 49.6 Å². The Morgan fingerprint density at radius 2 is 1.94 bits per heavy atom. The molecule has 2 aromatic carbocycles. The molecule has 0 unspecified atom stereocenters. The Balaban J connectivity index is 1.49. The second-order valence-corrected chi connectivity index (χ2v) is 7.62. The number of aromatic nitrogens is 3. The summed E-state index contributed by atoms with van der Waals surface area (Å²) in [6.07, 6.45) is 3.30. The number of anilines is 1. The van der Waals surface area contributed by atoms with E-state index in [-0.39, 0.29) is 16.9 Å². The Hall–Kier alpha value is -3.71. The number of amides is 1. The average molecular weight is 451 g/mol. The Morgan fingerprint density at radius 3 is 2.62 bits per heavy atom. The molecule has 2 heterocycles. The number of rotatable bonds is 6. The fourth-order valence-electron chi connectivity index (χ4n) is 3.25. The molecule has 4 rings (SSSR count). The first-order chi connectivity index (χ1) is 15.4. The van der Waals surface area contributed by atoms with Gasteiger partial charge < -0.3 is 10.1 Å². The monoisotopic (exact) mass is 450 g/mol. The highest BCUT2D eigenvalue weighted by molar-refractivity contribution is 6.33. The summed E-state index contributed by atoms with van der Waals surface area (Å²) in [7, 11) is 0. The van der Waals surface area contributed by atoms with E-state index in [4.69, 9.17) is 16.3 Å². The van der Waals surface area contributed by atoms with E-state index in [9.17, 15) is 9.18 Å². The number of nitrogens with one attached hydrogen (secondary N) is 1. The predicted octanol–water partition coefficient (Wildman–Crippen LogP) is 5.78. The normalized spacial score (nSPS) is 10.8. The molecule has 0 aliphatic heterocycles. The van der Waals surface area contributed by atoms with Crippen molar-refractivity contribution < 1.29 is 13.9 Å². The molecule has 6 nitrogen and oxygen atoms in total. The molecule has 2 aromatic heterocycles. The molecule has 0 saturated carbocycles. The molecule has 1 amide bonds. The van der Waals surface area contributed by atoms with Gasteiger partial charge >= 0.3 is 0 Å². The first kappa shape index (κ1) is 21.5. The summed E-state index contributed by atoms with van der Waals surface area (Å²) < 4.78 is 20.5. The van der Waals surface area contributed by atoms with Crippen molar-refractivity contribution in [3.63, 3.8) is 0 Å². The maximum Gasteiger partial charge on any atom is 0.260 e. The van der Waals surface area contributed by atoms with Crippen LogP contribution in [0.4, 0.5) is 10.1 Å². The summed E-state index contributed by atoms with van der Waals surface area (Å²) in [4.78, 5) is 16.9. The zero-order valence-corrected chi connectivity index (χ0v) is 18.2. The van der Waals surface area contributed by atoms with E-state index in [1.807, 2.05) is 19.1 Å². The van der Waals surface area contributed by atoms with E-state index < -0.39 is 0 Å². The second-order valence-electron chi connectivity index (χ2n) is 7.26. The van der Waals surface area contributed by atoms with Crippen LogP contribution in [0.1, 0.15) is 27.2 Å². The molecule has 0 spiro atoms. The van der Waals surface area contributed by atoms with Gasteiger partial charge in [-0.15, -0.1) is 0 Å². The summed E-state index contributed by atoms with van der Waals surface area (Å²) in [5.41, 5.74) is 3.07. The van der Waals surface area contributed by atoms with Crippen LogP contribution in [0.3, 0.4) is 0 Å². The van der Waals surface area contributed by atoms with Gasteiger partial charge in [0, 0.05) is 11.9 Å². The van der Waals surface area contributed by atoms with Crippen LogP contribution >= 0.6 is 11.6 Å². The van der Waals surface area contributed by atoms with E-state index in [0.717, 1.165) is 11.1 Å². The number of hydrogen-bond donors (Lipinski definition) is 1.